The molecule has 4 saturated carbocycles. The van der Waals surface area contributed by atoms with E-state index in [0.29, 0.717) is 23.9 Å². The molecule has 4 aliphatic carbocycles. The van der Waals surface area contributed by atoms with E-state index in [4.69, 9.17) is 0 Å². The zero-order valence-electron chi connectivity index (χ0n) is 19.2. The van der Waals surface area contributed by atoms with Crippen LogP contribution in [0.5, 0.6) is 0 Å². The number of rotatable bonds is 7. The molecule has 2 N–H and O–H groups in total. The summed E-state index contributed by atoms with van der Waals surface area (Å²) >= 11 is 0. The van der Waals surface area contributed by atoms with Gasteiger partial charge in [-0.3, -0.25) is 14.6 Å². The first-order valence-corrected chi connectivity index (χ1v) is 11.9. The van der Waals surface area contributed by atoms with Gasteiger partial charge >= 0.3 is 0 Å². The summed E-state index contributed by atoms with van der Waals surface area (Å²) in [6, 6.07) is 4.09. The lowest BCUT2D eigenvalue weighted by atomic mass is 9.45. The number of nitrogens with one attached hydrogen (secondary N) is 2. The molecule has 170 valence electrons. The van der Waals surface area contributed by atoms with E-state index in [1.54, 1.807) is 18.6 Å². The number of carbonyl (C=O) groups excluding carboxylic acids is 1. The normalized spacial score (nSPS) is 28.0. The largest absolute Gasteiger partial charge is 0.380 e. The summed E-state index contributed by atoms with van der Waals surface area (Å²) in [5.74, 6) is 2.12. The Kier molecular flexibility index (Phi) is 5.30. The predicted octanol–water partition coefficient (Wildman–Crippen LogP) is 3.31. The average Bonchev–Trinajstić information content (AvgIpc) is 3.61. The molecule has 7 heteroatoms. The molecule has 4 atom stereocenters. The Balaban J connectivity index is 1.29. The Bertz CT molecular complexity index is 1060. The van der Waals surface area contributed by atoms with Gasteiger partial charge in [0.1, 0.15) is 6.54 Å². The molecule has 2 bridgehead atoms. The highest BCUT2D eigenvalue weighted by Crippen LogP contribution is 2.61. The van der Waals surface area contributed by atoms with Crippen LogP contribution in [0, 0.1) is 23.2 Å². The smallest absolute Gasteiger partial charge is 0.272 e. The highest BCUT2D eigenvalue weighted by Gasteiger charge is 2.56. The molecule has 0 unspecified atom stereocenters. The second-order valence-corrected chi connectivity index (χ2v) is 10.5. The third-order valence-electron chi connectivity index (χ3n) is 8.29. The van der Waals surface area contributed by atoms with Crippen LogP contribution in [-0.2, 0) is 17.9 Å². The minimum Gasteiger partial charge on any atom is -0.380 e. The Morgan fingerprint density at radius 3 is 2.62 bits per heavy atom. The molecule has 0 saturated heterocycles. The topological polar surface area (TPSA) is 88.9 Å². The molecule has 2 heterocycles. The molecule has 4 aliphatic rings. The second-order valence-electron chi connectivity index (χ2n) is 10.5. The van der Waals surface area contributed by atoms with Crippen LogP contribution >= 0.6 is 0 Å². The molecule has 4 fully saturated rings. The van der Waals surface area contributed by atoms with Gasteiger partial charge in [-0.05, 0) is 72.5 Å². The minimum atomic E-state index is -0.220. The number of amides is 1. The van der Waals surface area contributed by atoms with Gasteiger partial charge in [-0.15, -0.1) is 0 Å². The fraction of sp³-hybridized carbons (Fsp3) is 0.600. The maximum Gasteiger partial charge on any atom is 0.272 e. The second kappa shape index (κ2) is 8.01. The van der Waals surface area contributed by atoms with Crippen molar-refractivity contribution < 1.29 is 4.79 Å². The summed E-state index contributed by atoms with van der Waals surface area (Å²) < 4.78 is 1.31. The number of nitrogens with zero attached hydrogens (tertiary/aromatic N) is 3. The van der Waals surface area contributed by atoms with E-state index in [-0.39, 0.29) is 23.9 Å². The first-order chi connectivity index (χ1) is 15.3. The van der Waals surface area contributed by atoms with Crippen LogP contribution in [0.25, 0.3) is 0 Å². The molecule has 0 aromatic carbocycles. The third-order valence-corrected chi connectivity index (χ3v) is 8.29. The lowest BCUT2D eigenvalue weighted by Crippen LogP contribution is -2.58. The van der Waals surface area contributed by atoms with Gasteiger partial charge < -0.3 is 10.6 Å². The molecule has 6 rings (SSSR count). The minimum absolute atomic E-state index is 0.0674. The Morgan fingerprint density at radius 2 is 1.97 bits per heavy atom. The molecular weight excluding hydrogens is 402 g/mol. The van der Waals surface area contributed by atoms with Crippen molar-refractivity contribution in [2.45, 2.75) is 71.5 Å². The molecule has 0 aliphatic heterocycles. The van der Waals surface area contributed by atoms with Gasteiger partial charge in [0.25, 0.3) is 5.56 Å². The summed E-state index contributed by atoms with van der Waals surface area (Å²) in [6.07, 6.45) is 9.69. The SMILES string of the molecule is C[C@H]1[C@H]2C[C@H](C[C@H]1Nc1cnn(CC(=O)NCc3ccncc3)c(=O)c1C1CC1)C2(C)C. The van der Waals surface area contributed by atoms with Crippen molar-refractivity contribution in [1.82, 2.24) is 20.1 Å². The third kappa shape index (κ3) is 3.82. The Hall–Kier alpha value is -2.70. The van der Waals surface area contributed by atoms with E-state index >= 15 is 0 Å². The van der Waals surface area contributed by atoms with Crippen LogP contribution in [-0.4, -0.2) is 26.7 Å². The lowest BCUT2D eigenvalue weighted by Gasteiger charge is -2.62. The van der Waals surface area contributed by atoms with Crippen LogP contribution in [0.3, 0.4) is 0 Å². The quantitative estimate of drug-likeness (QED) is 0.697. The van der Waals surface area contributed by atoms with Crippen molar-refractivity contribution in [3.05, 3.63) is 52.2 Å². The summed E-state index contributed by atoms with van der Waals surface area (Å²) in [4.78, 5) is 29.7. The van der Waals surface area contributed by atoms with E-state index < -0.39 is 0 Å². The first-order valence-electron chi connectivity index (χ1n) is 11.9. The summed E-state index contributed by atoms with van der Waals surface area (Å²) in [5.41, 5.74) is 2.96. The van der Waals surface area contributed by atoms with Gasteiger partial charge in [0.05, 0.1) is 11.9 Å². The predicted molar refractivity (Wildman–Crippen MR) is 123 cm³/mol. The van der Waals surface area contributed by atoms with Gasteiger partial charge in [0, 0.05) is 30.5 Å². The maximum atomic E-state index is 13.3. The molecule has 2 aromatic heterocycles. The Labute approximate surface area is 189 Å². The van der Waals surface area contributed by atoms with E-state index in [0.717, 1.165) is 47.9 Å². The van der Waals surface area contributed by atoms with Gasteiger partial charge in [-0.2, -0.15) is 5.10 Å². The first kappa shape index (κ1) is 21.2. The molecule has 0 spiro atoms. The lowest BCUT2D eigenvalue weighted by molar-refractivity contribution is -0.122. The van der Waals surface area contributed by atoms with Crippen molar-refractivity contribution in [3.8, 4) is 0 Å². The number of pyridine rings is 1. The number of carbonyl (C=O) groups is 1. The zero-order chi connectivity index (χ0) is 22.5. The number of anilines is 1. The Morgan fingerprint density at radius 1 is 1.22 bits per heavy atom. The van der Waals surface area contributed by atoms with Gasteiger partial charge in [-0.1, -0.05) is 20.8 Å². The number of aromatic nitrogens is 3. The van der Waals surface area contributed by atoms with Crippen molar-refractivity contribution in [2.75, 3.05) is 5.32 Å². The number of hydrogen-bond donors (Lipinski definition) is 2. The molecule has 32 heavy (non-hydrogen) atoms. The molecular formula is C25H33N5O2. The van der Waals surface area contributed by atoms with Crippen LogP contribution in [0.2, 0.25) is 0 Å². The van der Waals surface area contributed by atoms with Gasteiger partial charge in [0.2, 0.25) is 5.91 Å². The van der Waals surface area contributed by atoms with E-state index in [1.807, 2.05) is 12.1 Å². The van der Waals surface area contributed by atoms with Crippen molar-refractivity contribution in [2.24, 2.45) is 23.2 Å². The number of hydrogen-bond acceptors (Lipinski definition) is 5. The van der Waals surface area contributed by atoms with Crippen molar-refractivity contribution in [3.63, 3.8) is 0 Å². The molecule has 7 nitrogen and oxygen atoms in total. The average molecular weight is 436 g/mol. The fourth-order valence-corrected chi connectivity index (χ4v) is 5.93. The summed E-state index contributed by atoms with van der Waals surface area (Å²) in [7, 11) is 0. The highest BCUT2D eigenvalue weighted by molar-refractivity contribution is 5.75. The van der Waals surface area contributed by atoms with E-state index in [2.05, 4.69) is 41.5 Å². The molecule has 2 aromatic rings. The van der Waals surface area contributed by atoms with Crippen LogP contribution < -0.4 is 16.2 Å². The van der Waals surface area contributed by atoms with Crippen molar-refractivity contribution in [1.29, 1.82) is 0 Å². The zero-order valence-corrected chi connectivity index (χ0v) is 19.2. The van der Waals surface area contributed by atoms with E-state index in [1.165, 1.54) is 11.1 Å². The summed E-state index contributed by atoms with van der Waals surface area (Å²) in [6.45, 7) is 7.48. The summed E-state index contributed by atoms with van der Waals surface area (Å²) in [5, 5.41) is 10.9. The standard InChI is InChI=1S/C25H33N5O2/c1-15-19-10-18(25(19,2)3)11-20(15)29-21-13-28-30(24(32)23(21)17-4-5-17)14-22(31)27-12-16-6-8-26-9-7-16/h6-9,13,15,17-20,29H,4-5,10-12,14H2,1-3H3,(H,27,31)/t15-,18+,19+,20+/m0/s1. The van der Waals surface area contributed by atoms with Crippen LogP contribution in [0.4, 0.5) is 5.69 Å². The van der Waals surface area contributed by atoms with Gasteiger partial charge in [0.15, 0.2) is 0 Å². The molecule has 0 radical (unpaired) electrons. The van der Waals surface area contributed by atoms with E-state index in [9.17, 15) is 9.59 Å². The van der Waals surface area contributed by atoms with Crippen LogP contribution in [0.15, 0.2) is 35.5 Å². The van der Waals surface area contributed by atoms with Crippen LogP contribution in [0.1, 0.15) is 63.5 Å². The van der Waals surface area contributed by atoms with Gasteiger partial charge in [-0.25, -0.2) is 4.68 Å². The molecule has 1 amide bonds. The monoisotopic (exact) mass is 435 g/mol. The number of fused-ring (bicyclic) bond motifs is 2. The maximum absolute atomic E-state index is 13.3. The van der Waals surface area contributed by atoms with Crippen molar-refractivity contribution >= 4 is 11.6 Å². The highest BCUT2D eigenvalue weighted by atomic mass is 16.2. The fourth-order valence-electron chi connectivity index (χ4n) is 5.93.